The van der Waals surface area contributed by atoms with E-state index in [1.54, 1.807) is 24.3 Å². The summed E-state index contributed by atoms with van der Waals surface area (Å²) in [5.41, 5.74) is 0.925. The van der Waals surface area contributed by atoms with E-state index in [0.29, 0.717) is 11.6 Å². The van der Waals surface area contributed by atoms with E-state index in [0.717, 1.165) is 5.56 Å². The van der Waals surface area contributed by atoms with E-state index >= 15 is 0 Å². The van der Waals surface area contributed by atoms with Crippen LogP contribution in [0.1, 0.15) is 5.56 Å². The molecule has 2 bridgehead atoms. The maximum absolute atomic E-state index is 13.7. The van der Waals surface area contributed by atoms with E-state index in [4.69, 9.17) is 25.8 Å². The first-order valence-corrected chi connectivity index (χ1v) is 6.33. The molecule has 2 heterocycles. The standard InChI is InChI=1S/C14H9ClF2O3/c15-6-8-1-3-9(4-2-8)20-11-5-10-12(16)13(17)14(11)19-7-18-10/h1-5H,6-7H2. The lowest BCUT2D eigenvalue weighted by molar-refractivity contribution is 0.121. The van der Waals surface area contributed by atoms with Crippen LogP contribution in [0.3, 0.4) is 0 Å². The molecular weight excluding hydrogens is 290 g/mol. The van der Waals surface area contributed by atoms with Gasteiger partial charge >= 0.3 is 0 Å². The Labute approximate surface area is 118 Å². The number of halogens is 3. The van der Waals surface area contributed by atoms with E-state index in [-0.39, 0.29) is 24.0 Å². The van der Waals surface area contributed by atoms with Gasteiger partial charge in [-0.1, -0.05) is 12.1 Å². The van der Waals surface area contributed by atoms with Crippen molar-refractivity contribution in [2.75, 3.05) is 6.79 Å². The van der Waals surface area contributed by atoms with E-state index in [9.17, 15) is 8.78 Å². The molecule has 2 aliphatic heterocycles. The van der Waals surface area contributed by atoms with Crippen LogP contribution in [0, 0.1) is 11.6 Å². The summed E-state index contributed by atoms with van der Waals surface area (Å²) in [7, 11) is 0. The van der Waals surface area contributed by atoms with Crippen molar-refractivity contribution in [3.8, 4) is 23.0 Å². The predicted octanol–water partition coefficient (Wildman–Crippen LogP) is 4.22. The lowest BCUT2D eigenvalue weighted by atomic mass is 10.2. The number of alkyl halides is 1. The van der Waals surface area contributed by atoms with Crippen LogP contribution < -0.4 is 14.2 Å². The highest BCUT2D eigenvalue weighted by Crippen LogP contribution is 2.41. The SMILES string of the molecule is Fc1c2cc(Oc3ccc(CCl)cc3)c(c1F)OCO2. The Hall–Kier alpha value is -2.01. The van der Waals surface area contributed by atoms with Crippen LogP contribution in [0.4, 0.5) is 8.78 Å². The lowest BCUT2D eigenvalue weighted by Crippen LogP contribution is -2.02. The second-order valence-corrected chi connectivity index (χ2v) is 4.38. The quantitative estimate of drug-likeness (QED) is 0.794. The third kappa shape index (κ3) is 2.25. The minimum Gasteiger partial charge on any atom is -0.454 e. The van der Waals surface area contributed by atoms with Gasteiger partial charge in [-0.3, -0.25) is 0 Å². The Balaban J connectivity index is 1.95. The summed E-state index contributed by atoms with van der Waals surface area (Å²) in [6, 6.07) is 8.18. The number of hydrogen-bond acceptors (Lipinski definition) is 3. The Morgan fingerprint density at radius 3 is 2.55 bits per heavy atom. The minimum absolute atomic E-state index is 0.0648. The summed E-state index contributed by atoms with van der Waals surface area (Å²) in [4.78, 5) is 0. The molecule has 2 aromatic rings. The molecular formula is C14H9ClF2O3. The molecule has 0 amide bonds. The van der Waals surface area contributed by atoms with Gasteiger partial charge in [-0.2, -0.15) is 8.78 Å². The molecule has 2 aliphatic rings. The third-order valence-electron chi connectivity index (χ3n) is 2.82. The maximum Gasteiger partial charge on any atom is 0.231 e. The molecule has 0 fully saturated rings. The predicted molar refractivity (Wildman–Crippen MR) is 68.6 cm³/mol. The first-order chi connectivity index (χ1) is 9.69. The molecule has 6 heteroatoms. The van der Waals surface area contributed by atoms with Crippen molar-refractivity contribution in [2.24, 2.45) is 0 Å². The number of rotatable bonds is 3. The maximum atomic E-state index is 13.7. The van der Waals surface area contributed by atoms with Crippen molar-refractivity contribution in [1.29, 1.82) is 0 Å². The van der Waals surface area contributed by atoms with Gasteiger partial charge in [-0.25, -0.2) is 0 Å². The van der Waals surface area contributed by atoms with Crippen molar-refractivity contribution >= 4 is 11.6 Å². The van der Waals surface area contributed by atoms with Crippen LogP contribution >= 0.6 is 11.6 Å². The number of fused-ring (bicyclic) bond motifs is 4. The highest BCUT2D eigenvalue weighted by molar-refractivity contribution is 6.17. The normalized spacial score (nSPS) is 12.6. The summed E-state index contributed by atoms with van der Waals surface area (Å²) in [5.74, 6) is -1.83. The molecule has 2 aromatic carbocycles. The highest BCUT2D eigenvalue weighted by atomic mass is 35.5. The molecule has 0 aliphatic carbocycles. The van der Waals surface area contributed by atoms with E-state index in [1.165, 1.54) is 6.07 Å². The molecule has 0 atom stereocenters. The van der Waals surface area contributed by atoms with Crippen LogP contribution in [0.5, 0.6) is 23.0 Å². The summed E-state index contributed by atoms with van der Waals surface area (Å²) >= 11 is 5.69. The van der Waals surface area contributed by atoms with Crippen molar-refractivity contribution < 1.29 is 23.0 Å². The van der Waals surface area contributed by atoms with Gasteiger partial charge in [-0.05, 0) is 17.7 Å². The van der Waals surface area contributed by atoms with Gasteiger partial charge < -0.3 is 14.2 Å². The Morgan fingerprint density at radius 1 is 1.10 bits per heavy atom. The average Bonchev–Trinajstić information content (AvgIpc) is 2.75. The summed E-state index contributed by atoms with van der Waals surface area (Å²) in [6.45, 7) is -0.264. The molecule has 0 unspecified atom stereocenters. The fourth-order valence-corrected chi connectivity index (χ4v) is 1.98. The zero-order chi connectivity index (χ0) is 14.1. The summed E-state index contributed by atoms with van der Waals surface area (Å²) in [5, 5.41) is 0. The molecule has 0 saturated carbocycles. The van der Waals surface area contributed by atoms with E-state index in [2.05, 4.69) is 0 Å². The Kier molecular flexibility index (Phi) is 3.36. The van der Waals surface area contributed by atoms with Gasteiger partial charge in [0.1, 0.15) is 5.75 Å². The van der Waals surface area contributed by atoms with Crippen molar-refractivity contribution in [3.63, 3.8) is 0 Å². The molecule has 4 rings (SSSR count). The van der Waals surface area contributed by atoms with Crippen molar-refractivity contribution in [1.82, 2.24) is 0 Å². The Bertz CT molecular complexity index is 644. The van der Waals surface area contributed by atoms with Crippen molar-refractivity contribution in [2.45, 2.75) is 5.88 Å². The van der Waals surface area contributed by atoms with Gasteiger partial charge in [0.25, 0.3) is 0 Å². The molecule has 0 spiro atoms. The van der Waals surface area contributed by atoms with Gasteiger partial charge in [0.05, 0.1) is 0 Å². The van der Waals surface area contributed by atoms with E-state index in [1.807, 2.05) is 0 Å². The van der Waals surface area contributed by atoms with E-state index < -0.39 is 11.6 Å². The van der Waals surface area contributed by atoms with Crippen LogP contribution in [0.25, 0.3) is 0 Å². The Morgan fingerprint density at radius 2 is 1.85 bits per heavy atom. The molecule has 0 aromatic heterocycles. The second-order valence-electron chi connectivity index (χ2n) is 4.12. The molecule has 20 heavy (non-hydrogen) atoms. The smallest absolute Gasteiger partial charge is 0.231 e. The fourth-order valence-electron chi connectivity index (χ4n) is 1.80. The fraction of sp³-hybridized carbons (Fsp3) is 0.143. The number of benzene rings is 2. The summed E-state index contributed by atoms with van der Waals surface area (Å²) < 4.78 is 42.6. The minimum atomic E-state index is -1.12. The molecule has 0 saturated heterocycles. The molecule has 3 nitrogen and oxygen atoms in total. The molecule has 104 valence electrons. The van der Waals surface area contributed by atoms with Crippen LogP contribution in [-0.2, 0) is 5.88 Å². The largest absolute Gasteiger partial charge is 0.454 e. The number of ether oxygens (including phenoxy) is 3. The van der Waals surface area contributed by atoms with Crippen LogP contribution in [0.15, 0.2) is 30.3 Å². The van der Waals surface area contributed by atoms with Gasteiger partial charge in [0.2, 0.25) is 24.2 Å². The van der Waals surface area contributed by atoms with Crippen molar-refractivity contribution in [3.05, 3.63) is 47.5 Å². The van der Waals surface area contributed by atoms with Crippen LogP contribution in [-0.4, -0.2) is 6.79 Å². The van der Waals surface area contributed by atoms with Gasteiger partial charge in [0, 0.05) is 11.9 Å². The number of hydrogen-bond donors (Lipinski definition) is 0. The third-order valence-corrected chi connectivity index (χ3v) is 3.13. The zero-order valence-electron chi connectivity index (χ0n) is 10.2. The summed E-state index contributed by atoms with van der Waals surface area (Å²) in [6.07, 6.45) is 0. The van der Waals surface area contributed by atoms with Gasteiger partial charge in [-0.15, -0.1) is 11.6 Å². The zero-order valence-corrected chi connectivity index (χ0v) is 10.9. The highest BCUT2D eigenvalue weighted by Gasteiger charge is 2.25. The van der Waals surface area contributed by atoms with Gasteiger partial charge in [0.15, 0.2) is 11.5 Å². The first-order valence-electron chi connectivity index (χ1n) is 5.79. The second kappa shape index (κ2) is 5.17. The van der Waals surface area contributed by atoms with Crippen LogP contribution in [0.2, 0.25) is 0 Å². The first kappa shape index (κ1) is 13.0. The average molecular weight is 299 g/mol. The molecule has 0 N–H and O–H groups in total. The lowest BCUT2D eigenvalue weighted by Gasteiger charge is -2.10. The molecule has 0 radical (unpaired) electrons. The monoisotopic (exact) mass is 298 g/mol. The topological polar surface area (TPSA) is 27.7 Å².